The van der Waals surface area contributed by atoms with Crippen LogP contribution in [0.25, 0.3) is 0 Å². The Balaban J connectivity index is 1.47. The lowest BCUT2D eigenvalue weighted by atomic mass is 9.90. The molecule has 0 saturated carbocycles. The van der Waals surface area contributed by atoms with Gasteiger partial charge in [0.1, 0.15) is 17.4 Å². The predicted octanol–water partition coefficient (Wildman–Crippen LogP) is 5.43. The van der Waals surface area contributed by atoms with Gasteiger partial charge in [-0.1, -0.05) is 37.3 Å². The van der Waals surface area contributed by atoms with Crippen molar-refractivity contribution in [2.45, 2.75) is 31.9 Å². The van der Waals surface area contributed by atoms with Gasteiger partial charge in [0.15, 0.2) is 6.10 Å². The molecule has 5 rings (SSSR count). The zero-order valence-corrected chi connectivity index (χ0v) is 19.7. The van der Waals surface area contributed by atoms with Crippen LogP contribution in [-0.4, -0.2) is 30.9 Å². The number of ether oxygens (including phenoxy) is 2. The molecule has 3 atom stereocenters. The van der Waals surface area contributed by atoms with Gasteiger partial charge in [-0.2, -0.15) is 0 Å². The van der Waals surface area contributed by atoms with E-state index in [1.165, 1.54) is 29.3 Å². The fourth-order valence-corrected chi connectivity index (χ4v) is 4.58. The van der Waals surface area contributed by atoms with Crippen molar-refractivity contribution in [3.8, 4) is 11.5 Å². The van der Waals surface area contributed by atoms with E-state index >= 15 is 0 Å². The Labute approximate surface area is 210 Å². The summed E-state index contributed by atoms with van der Waals surface area (Å²) in [5, 5.41) is 1.48. The van der Waals surface area contributed by atoms with E-state index in [0.717, 1.165) is 11.3 Å². The van der Waals surface area contributed by atoms with Crippen LogP contribution in [0.5, 0.6) is 11.5 Å². The van der Waals surface area contributed by atoms with E-state index in [-0.39, 0.29) is 5.75 Å². The summed E-state index contributed by atoms with van der Waals surface area (Å²) in [6.45, 7) is 2.53. The van der Waals surface area contributed by atoms with E-state index in [2.05, 4.69) is 4.74 Å². The molecule has 0 bridgehead atoms. The number of nitrogens with zero attached hydrogens (tertiary/aromatic N) is 2. The SMILES string of the molecule is CCCOc1ccc(N2C(=O)C3ON(c4ccccc4)C(c4ccc(OC(F)(F)F)cc4)C3C2=O)cc1. The molecule has 37 heavy (non-hydrogen) atoms. The Hall–Kier alpha value is -4.05. The number of halogens is 3. The van der Waals surface area contributed by atoms with Crippen molar-refractivity contribution >= 4 is 23.2 Å². The minimum Gasteiger partial charge on any atom is -0.494 e. The number of carbonyl (C=O) groups is 2. The van der Waals surface area contributed by atoms with Crippen molar-refractivity contribution in [3.05, 3.63) is 84.4 Å². The van der Waals surface area contributed by atoms with E-state index < -0.39 is 36.2 Å². The van der Waals surface area contributed by atoms with Gasteiger partial charge in [0.05, 0.1) is 24.0 Å². The number of benzene rings is 3. The Morgan fingerprint density at radius 1 is 0.838 bits per heavy atom. The molecular weight excluding hydrogens is 489 g/mol. The largest absolute Gasteiger partial charge is 0.573 e. The summed E-state index contributed by atoms with van der Waals surface area (Å²) < 4.78 is 47.5. The smallest absolute Gasteiger partial charge is 0.494 e. The molecule has 0 N–H and O–H groups in total. The number of hydroxylamine groups is 1. The third kappa shape index (κ3) is 4.84. The quantitative estimate of drug-likeness (QED) is 0.394. The third-order valence-electron chi connectivity index (χ3n) is 6.15. The highest BCUT2D eigenvalue weighted by Gasteiger charge is 2.60. The van der Waals surface area contributed by atoms with Crippen LogP contribution in [0.2, 0.25) is 0 Å². The van der Waals surface area contributed by atoms with E-state index in [1.807, 2.05) is 13.0 Å². The molecule has 2 amide bonds. The van der Waals surface area contributed by atoms with Crippen LogP contribution in [0, 0.1) is 5.92 Å². The summed E-state index contributed by atoms with van der Waals surface area (Å²) in [6, 6.07) is 20.0. The zero-order valence-electron chi connectivity index (χ0n) is 19.7. The molecule has 192 valence electrons. The molecule has 0 radical (unpaired) electrons. The number of hydrogen-bond donors (Lipinski definition) is 0. The van der Waals surface area contributed by atoms with Crippen LogP contribution in [0.15, 0.2) is 78.9 Å². The number of para-hydroxylation sites is 1. The molecule has 2 aliphatic rings. The number of fused-ring (bicyclic) bond motifs is 1. The van der Waals surface area contributed by atoms with Crippen molar-refractivity contribution in [2.75, 3.05) is 16.6 Å². The number of alkyl halides is 3. The van der Waals surface area contributed by atoms with E-state index in [1.54, 1.807) is 48.5 Å². The van der Waals surface area contributed by atoms with Crippen LogP contribution >= 0.6 is 0 Å². The van der Waals surface area contributed by atoms with Crippen molar-refractivity contribution in [2.24, 2.45) is 5.92 Å². The highest BCUT2D eigenvalue weighted by molar-refractivity contribution is 6.23. The summed E-state index contributed by atoms with van der Waals surface area (Å²) in [5.74, 6) is -1.67. The number of carbonyl (C=O) groups excluding carboxylic acids is 2. The molecule has 7 nitrogen and oxygen atoms in total. The fourth-order valence-electron chi connectivity index (χ4n) is 4.58. The van der Waals surface area contributed by atoms with Gasteiger partial charge in [0, 0.05) is 0 Å². The van der Waals surface area contributed by atoms with Crippen LogP contribution < -0.4 is 19.4 Å². The number of anilines is 2. The summed E-state index contributed by atoms with van der Waals surface area (Å²) in [4.78, 5) is 34.2. The molecule has 2 heterocycles. The molecule has 2 fully saturated rings. The minimum atomic E-state index is -4.83. The number of hydrogen-bond acceptors (Lipinski definition) is 6. The third-order valence-corrected chi connectivity index (χ3v) is 6.15. The predicted molar refractivity (Wildman–Crippen MR) is 128 cm³/mol. The average Bonchev–Trinajstić information content (AvgIpc) is 3.39. The lowest BCUT2D eigenvalue weighted by Crippen LogP contribution is -2.37. The topological polar surface area (TPSA) is 68.3 Å². The second-order valence-electron chi connectivity index (χ2n) is 8.63. The molecule has 0 aliphatic carbocycles. The second-order valence-corrected chi connectivity index (χ2v) is 8.63. The normalized spacial score (nSPS) is 21.4. The summed E-state index contributed by atoms with van der Waals surface area (Å²) >= 11 is 0. The van der Waals surface area contributed by atoms with Gasteiger partial charge in [-0.25, -0.2) is 9.96 Å². The Kier molecular flexibility index (Phi) is 6.51. The fraction of sp³-hybridized carbons (Fsp3) is 0.259. The summed E-state index contributed by atoms with van der Waals surface area (Å²) in [7, 11) is 0. The van der Waals surface area contributed by atoms with Crippen LogP contribution in [-0.2, 0) is 14.4 Å². The summed E-state index contributed by atoms with van der Waals surface area (Å²) in [6.07, 6.45) is -5.08. The highest BCUT2D eigenvalue weighted by atomic mass is 19.4. The molecule has 10 heteroatoms. The molecule has 3 unspecified atom stereocenters. The van der Waals surface area contributed by atoms with Gasteiger partial charge < -0.3 is 9.47 Å². The molecule has 3 aromatic rings. The first kappa shape index (κ1) is 24.6. The Morgan fingerprint density at radius 3 is 2.11 bits per heavy atom. The number of amides is 2. The Morgan fingerprint density at radius 2 is 1.49 bits per heavy atom. The first-order chi connectivity index (χ1) is 17.8. The summed E-state index contributed by atoms with van der Waals surface area (Å²) in [5.41, 5.74) is 1.48. The van der Waals surface area contributed by atoms with Crippen LogP contribution in [0.3, 0.4) is 0 Å². The van der Waals surface area contributed by atoms with Gasteiger partial charge in [-0.15, -0.1) is 13.2 Å². The van der Waals surface area contributed by atoms with Gasteiger partial charge >= 0.3 is 6.36 Å². The zero-order chi connectivity index (χ0) is 26.2. The van der Waals surface area contributed by atoms with Gasteiger partial charge in [0.2, 0.25) is 5.91 Å². The van der Waals surface area contributed by atoms with E-state index in [0.29, 0.717) is 29.3 Å². The maximum absolute atomic E-state index is 13.7. The van der Waals surface area contributed by atoms with Crippen molar-refractivity contribution < 1.29 is 37.1 Å². The average molecular weight is 512 g/mol. The van der Waals surface area contributed by atoms with Gasteiger partial charge in [-0.3, -0.25) is 14.4 Å². The molecule has 0 spiro atoms. The van der Waals surface area contributed by atoms with Gasteiger partial charge in [-0.05, 0) is 60.5 Å². The number of rotatable bonds is 7. The first-order valence-corrected chi connectivity index (χ1v) is 11.7. The van der Waals surface area contributed by atoms with Gasteiger partial charge in [0.25, 0.3) is 5.91 Å². The molecular formula is C27H23F3N2O5. The molecule has 0 aromatic heterocycles. The standard InChI is InChI=1S/C27H23F3N2O5/c1-2-16-35-20-14-10-18(11-15-20)31-25(33)22-23(17-8-12-21(13-9-17)36-27(28,29)30)32(37-24(22)26(31)34)19-6-4-3-5-7-19/h3-15,22-24H,2,16H2,1H3. The van der Waals surface area contributed by atoms with E-state index in [4.69, 9.17) is 9.57 Å². The second kappa shape index (κ2) is 9.78. The van der Waals surface area contributed by atoms with Crippen LogP contribution in [0.1, 0.15) is 24.9 Å². The lowest BCUT2D eigenvalue weighted by Gasteiger charge is -2.29. The van der Waals surface area contributed by atoms with Crippen molar-refractivity contribution in [1.82, 2.24) is 0 Å². The molecule has 2 saturated heterocycles. The minimum absolute atomic E-state index is 0.385. The number of imide groups is 1. The highest BCUT2D eigenvalue weighted by Crippen LogP contribution is 2.48. The maximum atomic E-state index is 13.7. The van der Waals surface area contributed by atoms with E-state index in [9.17, 15) is 22.8 Å². The lowest BCUT2D eigenvalue weighted by molar-refractivity contribution is -0.274. The monoisotopic (exact) mass is 512 g/mol. The molecule has 2 aliphatic heterocycles. The molecule has 3 aromatic carbocycles. The maximum Gasteiger partial charge on any atom is 0.573 e. The first-order valence-electron chi connectivity index (χ1n) is 11.7. The van der Waals surface area contributed by atoms with Crippen LogP contribution in [0.4, 0.5) is 24.5 Å². The van der Waals surface area contributed by atoms with Crippen molar-refractivity contribution in [3.63, 3.8) is 0 Å². The Bertz CT molecular complexity index is 1270. The van der Waals surface area contributed by atoms with Crippen molar-refractivity contribution in [1.29, 1.82) is 0 Å².